The molecule has 3 atom stereocenters. The van der Waals surface area contributed by atoms with Gasteiger partial charge >= 0.3 is 5.97 Å². The molecule has 0 aliphatic carbocycles. The second-order valence-corrected chi connectivity index (χ2v) is 12.5. The molecule has 0 saturated carbocycles. The molecule has 288 valence electrons. The summed E-state index contributed by atoms with van der Waals surface area (Å²) in [5.41, 5.74) is 14.0. The van der Waals surface area contributed by atoms with Gasteiger partial charge in [0.25, 0.3) is 0 Å². The number of amides is 5. The fraction of sp³-hybridized carbons (Fsp3) is 0.485. The molecule has 11 N–H and O–H groups in total. The van der Waals surface area contributed by atoms with E-state index in [-0.39, 0.29) is 19.4 Å². The molecule has 0 bridgehead atoms. The number of H-pyrrole nitrogens is 2. The number of nitrogens with zero attached hydrogens (tertiary/aromatic N) is 1. The summed E-state index contributed by atoms with van der Waals surface area (Å²) in [5, 5.41) is 12.9. The standard InChI is InChI=1S/C19H29FN8O7.C9H9N.C5H13NS/c20-35-17(32)9-25-18(33)13(3-1-2-4-21)27-16(31)8-24-19(34)14(5-12-6-22-10-26-12)28-15(30)7-23-11-29;1-7-6-10-9-5-3-2-4-8(7)9;1-5(6)3-4-7-2/h6,10-11,13-14H,1-5,7-9,21H2,(H,22,26)(H,23,29)(H,24,34)(H,25,33)(H,27,31)(H,28,30);2-6,10H,1H3;5H,3-4,6H2,1-2H3. The Balaban J connectivity index is 0.000000638. The zero-order valence-electron chi connectivity index (χ0n) is 29.7. The molecule has 17 nitrogen and oxygen atoms in total. The van der Waals surface area contributed by atoms with Crippen LogP contribution in [0.25, 0.3) is 10.9 Å². The molecule has 3 aromatic rings. The Morgan fingerprint density at radius 3 is 2.25 bits per heavy atom. The van der Waals surface area contributed by atoms with E-state index >= 15 is 0 Å². The number of hydrogen-bond acceptors (Lipinski definition) is 11. The number of aromatic amines is 2. The fourth-order valence-corrected chi connectivity index (χ4v) is 4.94. The van der Waals surface area contributed by atoms with E-state index in [2.05, 4.69) is 77.9 Å². The van der Waals surface area contributed by atoms with Gasteiger partial charge < -0.3 is 48.0 Å². The van der Waals surface area contributed by atoms with Crippen LogP contribution in [-0.4, -0.2) is 107 Å². The van der Waals surface area contributed by atoms with Crippen LogP contribution in [0.3, 0.4) is 0 Å². The summed E-state index contributed by atoms with van der Waals surface area (Å²) in [6.45, 7) is 2.89. The maximum atomic E-state index is 12.6. The first-order chi connectivity index (χ1) is 24.9. The normalized spacial score (nSPS) is 12.0. The summed E-state index contributed by atoms with van der Waals surface area (Å²) in [7, 11) is 0. The molecule has 3 rings (SSSR count). The van der Waals surface area contributed by atoms with Gasteiger partial charge in [0.2, 0.25) is 30.0 Å². The lowest BCUT2D eigenvalue weighted by molar-refractivity contribution is -0.182. The van der Waals surface area contributed by atoms with Crippen molar-refractivity contribution in [2.45, 2.75) is 64.1 Å². The minimum Gasteiger partial charge on any atom is -0.361 e. The van der Waals surface area contributed by atoms with Crippen LogP contribution in [0.15, 0.2) is 43.0 Å². The van der Waals surface area contributed by atoms with Gasteiger partial charge in [-0.3, -0.25) is 28.9 Å². The number of carbonyl (C=O) groups is 6. The molecule has 52 heavy (non-hydrogen) atoms. The van der Waals surface area contributed by atoms with E-state index in [1.54, 1.807) is 0 Å². The maximum absolute atomic E-state index is 12.6. The number of thioether (sulfide) groups is 1. The monoisotopic (exact) mass is 750 g/mol. The third kappa shape index (κ3) is 19.4. The van der Waals surface area contributed by atoms with Crippen molar-refractivity contribution in [1.29, 1.82) is 0 Å². The molecule has 19 heteroatoms. The lowest BCUT2D eigenvalue weighted by Crippen LogP contribution is -2.53. The Bertz CT molecular complexity index is 1510. The van der Waals surface area contributed by atoms with Crippen molar-refractivity contribution in [3.05, 3.63) is 54.2 Å². The predicted octanol–water partition coefficient (Wildman–Crippen LogP) is 0.0199. The van der Waals surface area contributed by atoms with Gasteiger partial charge in [0.15, 0.2) is 0 Å². The topological polar surface area (TPSA) is 268 Å². The van der Waals surface area contributed by atoms with Crippen LogP contribution in [0.4, 0.5) is 4.53 Å². The molecule has 1 aromatic carbocycles. The van der Waals surface area contributed by atoms with Crippen LogP contribution in [0.1, 0.15) is 43.9 Å². The molecule has 0 saturated heterocycles. The molecule has 0 aliphatic heterocycles. The summed E-state index contributed by atoms with van der Waals surface area (Å²) in [5.74, 6) is -2.94. The average molecular weight is 751 g/mol. The van der Waals surface area contributed by atoms with Gasteiger partial charge in [0, 0.05) is 46.0 Å². The fourth-order valence-electron chi connectivity index (χ4n) is 4.33. The molecule has 0 spiro atoms. The summed E-state index contributed by atoms with van der Waals surface area (Å²) in [6, 6.07) is 6.52. The van der Waals surface area contributed by atoms with Crippen molar-refractivity contribution >= 4 is 58.7 Å². The number of unbranched alkanes of at least 4 members (excludes halogenated alkanes) is 1. The second kappa shape index (κ2) is 26.8. The third-order valence-electron chi connectivity index (χ3n) is 7.06. The molecule has 3 unspecified atom stereocenters. The number of hydrogen-bond donors (Lipinski definition) is 9. The van der Waals surface area contributed by atoms with Gasteiger partial charge in [0.05, 0.1) is 19.4 Å². The highest BCUT2D eigenvalue weighted by molar-refractivity contribution is 7.98. The number of aromatic nitrogens is 3. The van der Waals surface area contributed by atoms with Crippen molar-refractivity contribution in [2.75, 3.05) is 38.2 Å². The molecule has 5 amide bonds. The zero-order valence-corrected chi connectivity index (χ0v) is 30.5. The quantitative estimate of drug-likeness (QED) is 0.0549. The number of halogens is 1. The second-order valence-electron chi connectivity index (χ2n) is 11.5. The SMILES string of the molecule is CSCCC(C)N.Cc1c[nH]c2ccccc12.NCCCCC(NC(=O)CNC(=O)C(Cc1cnc[nH]1)NC(=O)CNC=O)C(=O)NCC(=O)OF. The lowest BCUT2D eigenvalue weighted by Gasteiger charge is -2.20. The number of fused-ring (bicyclic) bond motifs is 1. The minimum absolute atomic E-state index is 0.0229. The molecule has 0 aliphatic rings. The summed E-state index contributed by atoms with van der Waals surface area (Å²) in [4.78, 5) is 83.2. The smallest absolute Gasteiger partial charge is 0.361 e. The maximum Gasteiger partial charge on any atom is 0.367 e. The molecule has 2 aromatic heterocycles. The van der Waals surface area contributed by atoms with Crippen LogP contribution in [0, 0.1) is 6.92 Å². The first kappa shape index (κ1) is 45.0. The Morgan fingerprint density at radius 2 is 1.65 bits per heavy atom. The van der Waals surface area contributed by atoms with Crippen LogP contribution < -0.4 is 38.1 Å². The van der Waals surface area contributed by atoms with Gasteiger partial charge in [-0.05, 0) is 69.7 Å². The van der Waals surface area contributed by atoms with Crippen LogP contribution >= 0.6 is 11.8 Å². The summed E-state index contributed by atoms with van der Waals surface area (Å²) in [6.07, 6.45) is 9.68. The number of carbonyl (C=O) groups excluding carboxylic acids is 6. The molecule has 2 heterocycles. The minimum atomic E-state index is -1.31. The van der Waals surface area contributed by atoms with Crippen molar-refractivity contribution in [1.82, 2.24) is 41.5 Å². The first-order valence-corrected chi connectivity index (χ1v) is 17.9. The number of para-hydroxylation sites is 1. The number of nitrogens with two attached hydrogens (primary N) is 2. The van der Waals surface area contributed by atoms with E-state index in [1.807, 2.05) is 30.9 Å². The molecule has 0 radical (unpaired) electrons. The third-order valence-corrected chi connectivity index (χ3v) is 7.71. The van der Waals surface area contributed by atoms with E-state index < -0.39 is 54.8 Å². The molecule has 0 fully saturated rings. The molecular weight excluding hydrogens is 699 g/mol. The van der Waals surface area contributed by atoms with Gasteiger partial charge in [-0.15, -0.1) is 0 Å². The van der Waals surface area contributed by atoms with E-state index in [0.717, 1.165) is 6.42 Å². The number of aryl methyl sites for hydroxylation is 1. The number of imidazole rings is 1. The van der Waals surface area contributed by atoms with Gasteiger partial charge in [-0.25, -0.2) is 9.78 Å². The first-order valence-electron chi connectivity index (χ1n) is 16.5. The molecular formula is C33H51FN10O7S. The number of benzene rings is 1. The van der Waals surface area contributed by atoms with E-state index in [9.17, 15) is 33.3 Å². The van der Waals surface area contributed by atoms with Gasteiger partial charge in [-0.2, -0.15) is 11.8 Å². The zero-order chi connectivity index (χ0) is 38.7. The van der Waals surface area contributed by atoms with Gasteiger partial charge in [-0.1, -0.05) is 18.2 Å². The Hall–Kier alpha value is -5.01. The highest BCUT2D eigenvalue weighted by atomic mass is 32.2. The Kier molecular flexibility index (Phi) is 23.2. The van der Waals surface area contributed by atoms with E-state index in [1.165, 1.54) is 34.7 Å². The Morgan fingerprint density at radius 1 is 0.981 bits per heavy atom. The van der Waals surface area contributed by atoms with E-state index in [4.69, 9.17) is 11.5 Å². The number of rotatable bonds is 20. The predicted molar refractivity (Wildman–Crippen MR) is 196 cm³/mol. The van der Waals surface area contributed by atoms with Gasteiger partial charge in [0.1, 0.15) is 18.6 Å². The number of nitrogens with one attached hydrogen (secondary N) is 7. The van der Waals surface area contributed by atoms with Crippen molar-refractivity contribution in [3.8, 4) is 0 Å². The van der Waals surface area contributed by atoms with E-state index in [0.29, 0.717) is 37.5 Å². The van der Waals surface area contributed by atoms with Crippen molar-refractivity contribution in [2.24, 2.45) is 11.5 Å². The largest absolute Gasteiger partial charge is 0.367 e. The summed E-state index contributed by atoms with van der Waals surface area (Å²) < 4.78 is 11.8. The van der Waals surface area contributed by atoms with Crippen molar-refractivity contribution < 1.29 is 38.2 Å². The highest BCUT2D eigenvalue weighted by Gasteiger charge is 2.24. The van der Waals surface area contributed by atoms with Crippen LogP contribution in [0.2, 0.25) is 0 Å². The van der Waals surface area contributed by atoms with Crippen molar-refractivity contribution in [3.63, 3.8) is 0 Å². The highest BCUT2D eigenvalue weighted by Crippen LogP contribution is 2.15. The van der Waals surface area contributed by atoms with Crippen LogP contribution in [-0.2, 0) is 40.1 Å². The Labute approximate surface area is 306 Å². The van der Waals surface area contributed by atoms with Crippen LogP contribution in [0.5, 0.6) is 0 Å². The lowest BCUT2D eigenvalue weighted by atomic mass is 10.1. The average Bonchev–Trinajstić information content (AvgIpc) is 3.80. The summed E-state index contributed by atoms with van der Waals surface area (Å²) >= 11 is 1.85.